The monoisotopic (exact) mass is 155 g/mol. The topological polar surface area (TPSA) is 26.0 Å². The van der Waals surface area contributed by atoms with Gasteiger partial charge in [-0.05, 0) is 31.6 Å². The van der Waals surface area contributed by atoms with Gasteiger partial charge < -0.3 is 5.73 Å². The highest BCUT2D eigenvalue weighted by Gasteiger charge is 2.35. The summed E-state index contributed by atoms with van der Waals surface area (Å²) in [4.78, 5) is 0. The molecule has 2 unspecified atom stereocenters. The molecule has 0 radical (unpaired) electrons. The van der Waals surface area contributed by atoms with Crippen LogP contribution in [0.1, 0.15) is 52.9 Å². The minimum atomic E-state index is 0.114. The fraction of sp³-hybridized carbons (Fsp3) is 1.00. The normalized spacial score (nSPS) is 45.8. The Balaban J connectivity index is 2.59. The average Bonchev–Trinajstić information content (AvgIpc) is 1.85. The molecule has 1 saturated carbocycles. The van der Waals surface area contributed by atoms with Crippen molar-refractivity contribution in [1.82, 2.24) is 0 Å². The fourth-order valence-corrected chi connectivity index (χ4v) is 2.37. The molecule has 1 heteroatoms. The third kappa shape index (κ3) is 2.19. The van der Waals surface area contributed by atoms with Crippen LogP contribution in [-0.2, 0) is 0 Å². The van der Waals surface area contributed by atoms with Crippen molar-refractivity contribution in [2.45, 2.75) is 58.4 Å². The van der Waals surface area contributed by atoms with Gasteiger partial charge in [0.05, 0.1) is 0 Å². The van der Waals surface area contributed by atoms with E-state index in [1.54, 1.807) is 0 Å². The van der Waals surface area contributed by atoms with Gasteiger partial charge in [-0.15, -0.1) is 0 Å². The van der Waals surface area contributed by atoms with Crippen LogP contribution in [0.2, 0.25) is 0 Å². The Morgan fingerprint density at radius 3 is 2.27 bits per heavy atom. The van der Waals surface area contributed by atoms with E-state index in [1.165, 1.54) is 32.1 Å². The molecule has 1 rings (SSSR count). The van der Waals surface area contributed by atoms with E-state index in [1.807, 2.05) is 0 Å². The molecular weight excluding hydrogens is 134 g/mol. The molecule has 0 aliphatic heterocycles. The first kappa shape index (κ1) is 9.05. The van der Waals surface area contributed by atoms with Gasteiger partial charge in [-0.1, -0.05) is 26.7 Å². The van der Waals surface area contributed by atoms with E-state index in [4.69, 9.17) is 5.73 Å². The summed E-state index contributed by atoms with van der Waals surface area (Å²) in [5, 5.41) is 0. The van der Waals surface area contributed by atoms with Gasteiger partial charge in [-0.25, -0.2) is 0 Å². The molecule has 1 fully saturated rings. The Hall–Kier alpha value is -0.0400. The summed E-state index contributed by atoms with van der Waals surface area (Å²) < 4.78 is 0. The molecule has 0 amide bonds. The van der Waals surface area contributed by atoms with Gasteiger partial charge in [-0.2, -0.15) is 0 Å². The third-order valence-corrected chi connectivity index (χ3v) is 3.21. The van der Waals surface area contributed by atoms with Crippen LogP contribution in [0, 0.1) is 5.41 Å². The summed E-state index contributed by atoms with van der Waals surface area (Å²) in [5.41, 5.74) is 6.77. The van der Waals surface area contributed by atoms with Gasteiger partial charge in [0, 0.05) is 5.54 Å². The third-order valence-electron chi connectivity index (χ3n) is 3.21. The van der Waals surface area contributed by atoms with E-state index in [0.29, 0.717) is 5.41 Å². The van der Waals surface area contributed by atoms with E-state index >= 15 is 0 Å². The molecule has 1 aliphatic rings. The zero-order valence-electron chi connectivity index (χ0n) is 8.11. The maximum Gasteiger partial charge on any atom is 0.0131 e. The largest absolute Gasteiger partial charge is 0.325 e. The second-order valence-electron chi connectivity index (χ2n) is 4.85. The second kappa shape index (κ2) is 2.78. The average molecular weight is 155 g/mol. The predicted molar refractivity (Wildman–Crippen MR) is 49.5 cm³/mol. The standard InChI is InChI=1S/C10H21N/c1-4-9(2)6-5-7-10(3,11)8-9/h4-8,11H2,1-3H3. The van der Waals surface area contributed by atoms with Crippen LogP contribution in [0.5, 0.6) is 0 Å². The molecule has 2 N–H and O–H groups in total. The van der Waals surface area contributed by atoms with Gasteiger partial charge in [-0.3, -0.25) is 0 Å². The molecule has 11 heavy (non-hydrogen) atoms. The summed E-state index contributed by atoms with van der Waals surface area (Å²) in [7, 11) is 0. The quantitative estimate of drug-likeness (QED) is 0.619. The summed E-state index contributed by atoms with van der Waals surface area (Å²) in [6.07, 6.45) is 6.38. The summed E-state index contributed by atoms with van der Waals surface area (Å²) in [5.74, 6) is 0. The SMILES string of the molecule is CCC1(C)CCCC(C)(N)C1. The lowest BCUT2D eigenvalue weighted by molar-refractivity contribution is 0.139. The van der Waals surface area contributed by atoms with Gasteiger partial charge in [0.15, 0.2) is 0 Å². The first-order valence-corrected chi connectivity index (χ1v) is 4.76. The van der Waals surface area contributed by atoms with Crippen LogP contribution < -0.4 is 5.73 Å². The van der Waals surface area contributed by atoms with Crippen molar-refractivity contribution < 1.29 is 0 Å². The van der Waals surface area contributed by atoms with E-state index < -0.39 is 0 Å². The van der Waals surface area contributed by atoms with E-state index in [0.717, 1.165) is 0 Å². The first-order chi connectivity index (χ1) is 4.97. The lowest BCUT2D eigenvalue weighted by Crippen LogP contribution is -2.44. The van der Waals surface area contributed by atoms with Crippen molar-refractivity contribution in [1.29, 1.82) is 0 Å². The molecule has 66 valence electrons. The highest BCUT2D eigenvalue weighted by atomic mass is 14.7. The van der Waals surface area contributed by atoms with E-state index in [2.05, 4.69) is 20.8 Å². The van der Waals surface area contributed by atoms with Crippen molar-refractivity contribution in [3.05, 3.63) is 0 Å². The van der Waals surface area contributed by atoms with Crippen molar-refractivity contribution in [2.75, 3.05) is 0 Å². The van der Waals surface area contributed by atoms with E-state index in [-0.39, 0.29) is 5.54 Å². The Morgan fingerprint density at radius 1 is 1.27 bits per heavy atom. The minimum Gasteiger partial charge on any atom is -0.325 e. The van der Waals surface area contributed by atoms with Crippen molar-refractivity contribution >= 4 is 0 Å². The zero-order valence-corrected chi connectivity index (χ0v) is 8.11. The number of rotatable bonds is 1. The molecule has 1 nitrogen and oxygen atoms in total. The number of hydrogen-bond acceptors (Lipinski definition) is 1. The molecule has 0 aromatic rings. The molecule has 0 spiro atoms. The molecule has 0 aromatic heterocycles. The second-order valence-corrected chi connectivity index (χ2v) is 4.85. The Morgan fingerprint density at radius 2 is 1.91 bits per heavy atom. The lowest BCUT2D eigenvalue weighted by Gasteiger charge is -2.42. The van der Waals surface area contributed by atoms with Crippen molar-refractivity contribution in [3.8, 4) is 0 Å². The zero-order chi connectivity index (χ0) is 8.54. The fourth-order valence-electron chi connectivity index (χ4n) is 2.37. The smallest absolute Gasteiger partial charge is 0.0131 e. The molecule has 0 heterocycles. The summed E-state index contributed by atoms with van der Waals surface area (Å²) in [6.45, 7) is 6.85. The summed E-state index contributed by atoms with van der Waals surface area (Å²) in [6, 6.07) is 0. The number of nitrogens with two attached hydrogens (primary N) is 1. The molecule has 0 saturated heterocycles. The maximum atomic E-state index is 6.13. The molecule has 0 bridgehead atoms. The highest BCUT2D eigenvalue weighted by molar-refractivity contribution is 4.92. The van der Waals surface area contributed by atoms with E-state index in [9.17, 15) is 0 Å². The summed E-state index contributed by atoms with van der Waals surface area (Å²) >= 11 is 0. The van der Waals surface area contributed by atoms with Gasteiger partial charge in [0.1, 0.15) is 0 Å². The van der Waals surface area contributed by atoms with Crippen LogP contribution in [0.3, 0.4) is 0 Å². The van der Waals surface area contributed by atoms with Crippen molar-refractivity contribution in [3.63, 3.8) is 0 Å². The van der Waals surface area contributed by atoms with Gasteiger partial charge in [0.25, 0.3) is 0 Å². The predicted octanol–water partition coefficient (Wildman–Crippen LogP) is 2.69. The van der Waals surface area contributed by atoms with Crippen LogP contribution in [-0.4, -0.2) is 5.54 Å². The molecule has 2 atom stereocenters. The first-order valence-electron chi connectivity index (χ1n) is 4.76. The van der Waals surface area contributed by atoms with Crippen LogP contribution in [0.4, 0.5) is 0 Å². The Labute approximate surface area is 70.4 Å². The lowest BCUT2D eigenvalue weighted by atomic mass is 9.67. The minimum absolute atomic E-state index is 0.114. The van der Waals surface area contributed by atoms with Crippen LogP contribution >= 0.6 is 0 Å². The molecule has 1 aliphatic carbocycles. The Bertz CT molecular complexity index is 140. The van der Waals surface area contributed by atoms with Crippen LogP contribution in [0.15, 0.2) is 0 Å². The molecular formula is C10H21N. The van der Waals surface area contributed by atoms with Crippen molar-refractivity contribution in [2.24, 2.45) is 11.1 Å². The number of hydrogen-bond donors (Lipinski definition) is 1. The van der Waals surface area contributed by atoms with Gasteiger partial charge >= 0.3 is 0 Å². The van der Waals surface area contributed by atoms with Crippen LogP contribution in [0.25, 0.3) is 0 Å². The molecule has 0 aromatic carbocycles. The highest BCUT2D eigenvalue weighted by Crippen LogP contribution is 2.42. The van der Waals surface area contributed by atoms with Gasteiger partial charge in [0.2, 0.25) is 0 Å². The Kier molecular flexibility index (Phi) is 2.29. The maximum absolute atomic E-state index is 6.13.